The summed E-state index contributed by atoms with van der Waals surface area (Å²) in [4.78, 5) is 9.17. The molecule has 0 radical (unpaired) electrons. The average molecular weight is 264 g/mol. The van der Waals surface area contributed by atoms with Gasteiger partial charge in [-0.25, -0.2) is 4.98 Å². The first-order chi connectivity index (χ1) is 7.54. The second-order valence-corrected chi connectivity index (χ2v) is 5.37. The zero-order chi connectivity index (χ0) is 12.1. The maximum atomic E-state index is 9.02. The summed E-state index contributed by atoms with van der Waals surface area (Å²) < 4.78 is 0. The van der Waals surface area contributed by atoms with Crippen LogP contribution in [0.15, 0.2) is 0 Å². The van der Waals surface area contributed by atoms with E-state index in [1.165, 1.54) is 11.3 Å². The zero-order valence-electron chi connectivity index (χ0n) is 9.90. The van der Waals surface area contributed by atoms with Gasteiger partial charge in [-0.05, 0) is 27.1 Å². The quantitative estimate of drug-likeness (QED) is 0.848. The SMILES string of the molecule is CN(C)CCCN(C)c1nc(Cl)c(CO)s1. The summed E-state index contributed by atoms with van der Waals surface area (Å²) in [5.74, 6) is 0. The zero-order valence-corrected chi connectivity index (χ0v) is 11.5. The summed E-state index contributed by atoms with van der Waals surface area (Å²) in [5, 5.41) is 10.3. The molecule has 6 heteroatoms. The lowest BCUT2D eigenvalue weighted by molar-refractivity contribution is 0.285. The van der Waals surface area contributed by atoms with E-state index in [2.05, 4.69) is 28.9 Å². The van der Waals surface area contributed by atoms with Crippen LogP contribution in [0.2, 0.25) is 5.15 Å². The lowest BCUT2D eigenvalue weighted by atomic mass is 10.4. The lowest BCUT2D eigenvalue weighted by Gasteiger charge is -2.17. The molecule has 0 aromatic carbocycles. The number of halogens is 1. The van der Waals surface area contributed by atoms with E-state index >= 15 is 0 Å². The Kier molecular flexibility index (Phi) is 5.48. The van der Waals surface area contributed by atoms with Gasteiger partial charge in [0.05, 0.1) is 11.5 Å². The molecule has 1 rings (SSSR count). The van der Waals surface area contributed by atoms with Crippen molar-refractivity contribution < 1.29 is 5.11 Å². The van der Waals surface area contributed by atoms with Gasteiger partial charge in [0, 0.05) is 13.6 Å². The molecule has 1 heterocycles. The van der Waals surface area contributed by atoms with Crippen molar-refractivity contribution in [3.05, 3.63) is 10.0 Å². The highest BCUT2D eigenvalue weighted by molar-refractivity contribution is 7.16. The largest absolute Gasteiger partial charge is 0.391 e. The van der Waals surface area contributed by atoms with Crippen LogP contribution in [-0.2, 0) is 6.61 Å². The van der Waals surface area contributed by atoms with Crippen LogP contribution in [0.25, 0.3) is 0 Å². The van der Waals surface area contributed by atoms with Crippen LogP contribution in [0, 0.1) is 0 Å². The molecule has 0 aliphatic rings. The predicted molar refractivity (Wildman–Crippen MR) is 69.5 cm³/mol. The van der Waals surface area contributed by atoms with Crippen molar-refractivity contribution in [1.82, 2.24) is 9.88 Å². The summed E-state index contributed by atoms with van der Waals surface area (Å²) in [6.45, 7) is 1.95. The summed E-state index contributed by atoms with van der Waals surface area (Å²) in [6.07, 6.45) is 1.08. The Hall–Kier alpha value is -0.360. The molecule has 92 valence electrons. The molecule has 0 fully saturated rings. The van der Waals surface area contributed by atoms with E-state index in [0.717, 1.165) is 29.5 Å². The summed E-state index contributed by atoms with van der Waals surface area (Å²) in [6, 6.07) is 0. The Bertz CT molecular complexity index is 330. The molecule has 1 aromatic rings. The standard InChI is InChI=1S/C10H18ClN3OS/c1-13(2)5-4-6-14(3)10-12-9(11)8(7-15)16-10/h15H,4-7H2,1-3H3. The smallest absolute Gasteiger partial charge is 0.186 e. The summed E-state index contributed by atoms with van der Waals surface area (Å²) >= 11 is 7.32. The maximum absolute atomic E-state index is 9.02. The Morgan fingerprint density at radius 3 is 2.50 bits per heavy atom. The van der Waals surface area contributed by atoms with Crippen molar-refractivity contribution in [2.75, 3.05) is 39.1 Å². The predicted octanol–water partition coefficient (Wildman–Crippen LogP) is 1.68. The number of hydrogen-bond acceptors (Lipinski definition) is 5. The van der Waals surface area contributed by atoms with Gasteiger partial charge in [0.2, 0.25) is 0 Å². The van der Waals surface area contributed by atoms with Crippen LogP contribution in [0.3, 0.4) is 0 Å². The number of nitrogens with zero attached hydrogens (tertiary/aromatic N) is 3. The van der Waals surface area contributed by atoms with Crippen LogP contribution in [0.1, 0.15) is 11.3 Å². The van der Waals surface area contributed by atoms with E-state index in [-0.39, 0.29) is 6.61 Å². The van der Waals surface area contributed by atoms with Gasteiger partial charge >= 0.3 is 0 Å². The molecule has 0 saturated heterocycles. The van der Waals surface area contributed by atoms with E-state index < -0.39 is 0 Å². The Morgan fingerprint density at radius 2 is 2.00 bits per heavy atom. The third kappa shape index (κ3) is 3.90. The monoisotopic (exact) mass is 263 g/mol. The first-order valence-electron chi connectivity index (χ1n) is 5.16. The molecule has 16 heavy (non-hydrogen) atoms. The first-order valence-corrected chi connectivity index (χ1v) is 6.36. The third-order valence-electron chi connectivity index (χ3n) is 2.21. The highest BCUT2D eigenvalue weighted by Gasteiger charge is 2.11. The van der Waals surface area contributed by atoms with Crippen molar-refractivity contribution in [1.29, 1.82) is 0 Å². The number of thiazole rings is 1. The van der Waals surface area contributed by atoms with E-state index in [1.54, 1.807) is 0 Å². The lowest BCUT2D eigenvalue weighted by Crippen LogP contribution is -2.23. The van der Waals surface area contributed by atoms with Gasteiger partial charge in [-0.1, -0.05) is 22.9 Å². The molecular formula is C10H18ClN3OS. The molecule has 1 aromatic heterocycles. The van der Waals surface area contributed by atoms with Crippen molar-refractivity contribution in [2.45, 2.75) is 13.0 Å². The number of rotatable bonds is 6. The highest BCUT2D eigenvalue weighted by atomic mass is 35.5. The van der Waals surface area contributed by atoms with Crippen LogP contribution in [-0.4, -0.2) is 49.2 Å². The van der Waals surface area contributed by atoms with E-state index in [4.69, 9.17) is 16.7 Å². The van der Waals surface area contributed by atoms with E-state index in [9.17, 15) is 0 Å². The van der Waals surface area contributed by atoms with Gasteiger partial charge in [-0.2, -0.15) is 0 Å². The molecule has 0 aliphatic heterocycles. The minimum absolute atomic E-state index is 0.0396. The third-order valence-corrected chi connectivity index (χ3v) is 3.79. The molecule has 0 amide bonds. The van der Waals surface area contributed by atoms with Crippen LogP contribution >= 0.6 is 22.9 Å². The van der Waals surface area contributed by atoms with Gasteiger partial charge in [-0.15, -0.1) is 0 Å². The Balaban J connectivity index is 2.49. The fourth-order valence-electron chi connectivity index (χ4n) is 1.30. The van der Waals surface area contributed by atoms with E-state index in [0.29, 0.717) is 5.15 Å². The normalized spacial score (nSPS) is 11.1. The summed E-state index contributed by atoms with van der Waals surface area (Å²) in [5.41, 5.74) is 0. The topological polar surface area (TPSA) is 39.6 Å². The Labute approximate surface area is 105 Å². The fraction of sp³-hybridized carbons (Fsp3) is 0.700. The number of anilines is 1. The van der Waals surface area contributed by atoms with Gasteiger partial charge < -0.3 is 14.9 Å². The number of aromatic nitrogens is 1. The van der Waals surface area contributed by atoms with Gasteiger partial charge in [0.1, 0.15) is 5.15 Å². The van der Waals surface area contributed by atoms with Crippen LogP contribution in [0.4, 0.5) is 5.13 Å². The van der Waals surface area contributed by atoms with Gasteiger partial charge in [-0.3, -0.25) is 0 Å². The van der Waals surface area contributed by atoms with Crippen molar-refractivity contribution in [3.63, 3.8) is 0 Å². The minimum atomic E-state index is -0.0396. The van der Waals surface area contributed by atoms with Crippen LogP contribution in [0.5, 0.6) is 0 Å². The van der Waals surface area contributed by atoms with Crippen molar-refractivity contribution in [2.24, 2.45) is 0 Å². The second kappa shape index (κ2) is 6.39. The molecular weight excluding hydrogens is 246 g/mol. The van der Waals surface area contributed by atoms with Crippen LogP contribution < -0.4 is 4.90 Å². The summed E-state index contributed by atoms with van der Waals surface area (Å²) in [7, 11) is 6.11. The number of hydrogen-bond donors (Lipinski definition) is 1. The first kappa shape index (κ1) is 13.7. The molecule has 0 aliphatic carbocycles. The molecule has 1 N–H and O–H groups in total. The molecule has 0 saturated carbocycles. The van der Waals surface area contributed by atoms with Crippen molar-refractivity contribution in [3.8, 4) is 0 Å². The van der Waals surface area contributed by atoms with Gasteiger partial charge in [0.15, 0.2) is 5.13 Å². The van der Waals surface area contributed by atoms with Crippen molar-refractivity contribution >= 4 is 28.1 Å². The van der Waals surface area contributed by atoms with E-state index in [1.807, 2.05) is 7.05 Å². The number of aliphatic hydroxyl groups is 1. The Morgan fingerprint density at radius 1 is 1.31 bits per heavy atom. The molecule has 0 spiro atoms. The molecule has 4 nitrogen and oxygen atoms in total. The number of aliphatic hydroxyl groups excluding tert-OH is 1. The van der Waals surface area contributed by atoms with Gasteiger partial charge in [0.25, 0.3) is 0 Å². The average Bonchev–Trinajstić information content (AvgIpc) is 2.59. The minimum Gasteiger partial charge on any atom is -0.391 e. The second-order valence-electron chi connectivity index (χ2n) is 3.95. The fourth-order valence-corrected chi connectivity index (χ4v) is 2.41. The molecule has 0 unspecified atom stereocenters. The molecule has 0 atom stereocenters. The molecule has 0 bridgehead atoms. The maximum Gasteiger partial charge on any atom is 0.186 e. The highest BCUT2D eigenvalue weighted by Crippen LogP contribution is 2.28.